The standard InChI is InChI=1S/C14H21ClN2O2S/c1-10-8-12(15)6-7-14(10)20(18,19)17(2)13-5-3-4-11(13)9-16/h6-8,11,13H,3-5,9,16H2,1-2H3. The van der Waals surface area contributed by atoms with Gasteiger partial charge in [0.1, 0.15) is 0 Å². The molecule has 6 heteroatoms. The quantitative estimate of drug-likeness (QED) is 0.927. The van der Waals surface area contributed by atoms with Gasteiger partial charge >= 0.3 is 0 Å². The number of hydrogen-bond acceptors (Lipinski definition) is 3. The van der Waals surface area contributed by atoms with E-state index in [0.717, 1.165) is 19.3 Å². The molecule has 0 radical (unpaired) electrons. The normalized spacial score (nSPS) is 23.4. The molecule has 2 rings (SSSR count). The van der Waals surface area contributed by atoms with Crippen molar-refractivity contribution in [3.63, 3.8) is 0 Å². The first-order valence-electron chi connectivity index (χ1n) is 6.82. The van der Waals surface area contributed by atoms with Crippen molar-refractivity contribution >= 4 is 21.6 Å². The minimum Gasteiger partial charge on any atom is -0.330 e. The Morgan fingerprint density at radius 2 is 2.10 bits per heavy atom. The second-order valence-corrected chi connectivity index (χ2v) is 7.83. The van der Waals surface area contributed by atoms with Gasteiger partial charge in [0.05, 0.1) is 4.90 Å². The first kappa shape index (κ1) is 15.8. The summed E-state index contributed by atoms with van der Waals surface area (Å²) < 4.78 is 27.0. The molecule has 2 N–H and O–H groups in total. The summed E-state index contributed by atoms with van der Waals surface area (Å²) in [5.74, 6) is 0.252. The highest BCUT2D eigenvalue weighted by atomic mass is 35.5. The van der Waals surface area contributed by atoms with Gasteiger partial charge in [0.25, 0.3) is 0 Å². The molecule has 112 valence electrons. The van der Waals surface area contributed by atoms with Crippen LogP contribution in [0.3, 0.4) is 0 Å². The maximum atomic E-state index is 12.8. The molecular weight excluding hydrogens is 296 g/mol. The van der Waals surface area contributed by atoms with Crippen molar-refractivity contribution in [2.45, 2.75) is 37.1 Å². The summed E-state index contributed by atoms with van der Waals surface area (Å²) >= 11 is 5.89. The van der Waals surface area contributed by atoms with E-state index in [-0.39, 0.29) is 12.0 Å². The third-order valence-corrected chi connectivity index (χ3v) is 6.46. The van der Waals surface area contributed by atoms with E-state index >= 15 is 0 Å². The minimum atomic E-state index is -3.49. The Bertz CT molecular complexity index is 589. The lowest BCUT2D eigenvalue weighted by atomic mass is 10.0. The van der Waals surface area contributed by atoms with Gasteiger partial charge in [-0.05, 0) is 56.0 Å². The Hall–Kier alpha value is -0.620. The average molecular weight is 317 g/mol. The lowest BCUT2D eigenvalue weighted by Crippen LogP contribution is -2.41. The molecule has 20 heavy (non-hydrogen) atoms. The van der Waals surface area contributed by atoms with Gasteiger partial charge in [-0.15, -0.1) is 0 Å². The molecule has 0 heterocycles. The molecule has 1 aliphatic carbocycles. The first-order valence-corrected chi connectivity index (χ1v) is 8.64. The van der Waals surface area contributed by atoms with Gasteiger partial charge in [-0.25, -0.2) is 8.42 Å². The fraction of sp³-hybridized carbons (Fsp3) is 0.571. The molecule has 0 saturated heterocycles. The van der Waals surface area contributed by atoms with Gasteiger partial charge < -0.3 is 5.73 Å². The molecule has 0 amide bonds. The van der Waals surface area contributed by atoms with E-state index in [1.807, 2.05) is 0 Å². The van der Waals surface area contributed by atoms with Crippen LogP contribution in [0.4, 0.5) is 0 Å². The Balaban J connectivity index is 2.34. The number of rotatable bonds is 4. The van der Waals surface area contributed by atoms with Crippen LogP contribution in [-0.2, 0) is 10.0 Å². The predicted octanol–water partition coefficient (Wildman–Crippen LogP) is 2.40. The molecule has 2 atom stereocenters. The second-order valence-electron chi connectivity index (χ2n) is 5.43. The van der Waals surface area contributed by atoms with Crippen LogP contribution in [0.15, 0.2) is 23.1 Å². The van der Waals surface area contributed by atoms with Gasteiger partial charge in [-0.1, -0.05) is 18.0 Å². The fourth-order valence-corrected chi connectivity index (χ4v) is 4.88. The third-order valence-electron chi connectivity index (χ3n) is 4.18. The smallest absolute Gasteiger partial charge is 0.243 e. The number of benzene rings is 1. The molecular formula is C14H21ClN2O2S. The zero-order chi connectivity index (χ0) is 14.9. The van der Waals surface area contributed by atoms with Crippen LogP contribution in [0.1, 0.15) is 24.8 Å². The topological polar surface area (TPSA) is 63.4 Å². The third kappa shape index (κ3) is 2.86. The second kappa shape index (κ2) is 6.02. The Labute approximate surface area is 126 Å². The number of aryl methyl sites for hydroxylation is 1. The van der Waals surface area contributed by atoms with Crippen LogP contribution in [-0.4, -0.2) is 32.4 Å². The Morgan fingerprint density at radius 1 is 1.40 bits per heavy atom. The highest BCUT2D eigenvalue weighted by molar-refractivity contribution is 7.89. The summed E-state index contributed by atoms with van der Waals surface area (Å²) in [5.41, 5.74) is 6.43. The van der Waals surface area contributed by atoms with Gasteiger partial charge in [0.15, 0.2) is 0 Å². The zero-order valence-corrected chi connectivity index (χ0v) is 13.4. The summed E-state index contributed by atoms with van der Waals surface area (Å²) in [5, 5.41) is 0.546. The molecule has 1 saturated carbocycles. The van der Waals surface area contributed by atoms with Crippen molar-refractivity contribution in [1.29, 1.82) is 0 Å². The number of sulfonamides is 1. The number of hydrogen-bond donors (Lipinski definition) is 1. The van der Waals surface area contributed by atoms with E-state index in [1.165, 1.54) is 4.31 Å². The summed E-state index contributed by atoms with van der Waals surface area (Å²) in [6.07, 6.45) is 2.91. The van der Waals surface area contributed by atoms with Crippen molar-refractivity contribution in [2.75, 3.05) is 13.6 Å². The van der Waals surface area contributed by atoms with Crippen molar-refractivity contribution in [3.8, 4) is 0 Å². The van der Waals surface area contributed by atoms with Crippen LogP contribution in [0.5, 0.6) is 0 Å². The molecule has 2 unspecified atom stereocenters. The van der Waals surface area contributed by atoms with Crippen molar-refractivity contribution in [3.05, 3.63) is 28.8 Å². The predicted molar refractivity (Wildman–Crippen MR) is 81.3 cm³/mol. The van der Waals surface area contributed by atoms with Gasteiger partial charge in [-0.3, -0.25) is 0 Å². The van der Waals surface area contributed by atoms with E-state index in [9.17, 15) is 8.42 Å². The maximum absolute atomic E-state index is 12.8. The Kier molecular flexibility index (Phi) is 4.74. The van der Waals surface area contributed by atoms with E-state index in [4.69, 9.17) is 17.3 Å². The van der Waals surface area contributed by atoms with Crippen LogP contribution < -0.4 is 5.73 Å². The fourth-order valence-electron chi connectivity index (χ4n) is 3.01. The van der Waals surface area contributed by atoms with E-state index < -0.39 is 10.0 Å². The molecule has 1 aromatic carbocycles. The first-order chi connectivity index (χ1) is 9.37. The number of halogens is 1. The molecule has 0 aliphatic heterocycles. The molecule has 0 aromatic heterocycles. The summed E-state index contributed by atoms with van der Waals surface area (Å²) in [7, 11) is -1.84. The highest BCUT2D eigenvalue weighted by Gasteiger charge is 2.36. The van der Waals surface area contributed by atoms with Crippen LogP contribution in [0.2, 0.25) is 5.02 Å². The van der Waals surface area contributed by atoms with Crippen molar-refractivity contribution in [2.24, 2.45) is 11.7 Å². The minimum absolute atomic E-state index is 0.0000723. The van der Waals surface area contributed by atoms with E-state index in [1.54, 1.807) is 32.2 Å². The van der Waals surface area contributed by atoms with E-state index in [0.29, 0.717) is 22.0 Å². The number of nitrogens with two attached hydrogens (primary N) is 1. The highest BCUT2D eigenvalue weighted by Crippen LogP contribution is 2.32. The van der Waals surface area contributed by atoms with Crippen LogP contribution in [0, 0.1) is 12.8 Å². The molecule has 1 fully saturated rings. The number of nitrogens with zero attached hydrogens (tertiary/aromatic N) is 1. The largest absolute Gasteiger partial charge is 0.330 e. The average Bonchev–Trinajstić information content (AvgIpc) is 2.85. The molecule has 1 aliphatic rings. The maximum Gasteiger partial charge on any atom is 0.243 e. The summed E-state index contributed by atoms with van der Waals surface area (Å²) in [6.45, 7) is 2.30. The lowest BCUT2D eigenvalue weighted by Gasteiger charge is -2.28. The summed E-state index contributed by atoms with van der Waals surface area (Å²) in [6, 6.07) is 4.87. The van der Waals surface area contributed by atoms with Gasteiger partial charge in [-0.2, -0.15) is 4.31 Å². The van der Waals surface area contributed by atoms with Crippen LogP contribution in [0.25, 0.3) is 0 Å². The Morgan fingerprint density at radius 3 is 2.70 bits per heavy atom. The monoisotopic (exact) mass is 316 g/mol. The van der Waals surface area contributed by atoms with Gasteiger partial charge in [0.2, 0.25) is 10.0 Å². The van der Waals surface area contributed by atoms with Gasteiger partial charge in [0, 0.05) is 18.1 Å². The SMILES string of the molecule is Cc1cc(Cl)ccc1S(=O)(=O)N(C)C1CCCC1CN. The lowest BCUT2D eigenvalue weighted by molar-refractivity contribution is 0.304. The summed E-state index contributed by atoms with van der Waals surface area (Å²) in [4.78, 5) is 0.326. The molecule has 1 aromatic rings. The van der Waals surface area contributed by atoms with Crippen LogP contribution >= 0.6 is 11.6 Å². The molecule has 0 bridgehead atoms. The van der Waals surface area contributed by atoms with E-state index in [2.05, 4.69) is 0 Å². The molecule has 0 spiro atoms. The molecule has 4 nitrogen and oxygen atoms in total. The van der Waals surface area contributed by atoms with Crippen molar-refractivity contribution < 1.29 is 8.42 Å². The zero-order valence-electron chi connectivity index (χ0n) is 11.8. The van der Waals surface area contributed by atoms with Crippen molar-refractivity contribution in [1.82, 2.24) is 4.31 Å².